The molecule has 0 amide bonds. The molecule has 0 atom stereocenters. The lowest BCUT2D eigenvalue weighted by atomic mass is 9.97. The Morgan fingerprint density at radius 1 is 1.25 bits per heavy atom. The molecule has 0 heterocycles. The fourth-order valence-corrected chi connectivity index (χ4v) is 1.53. The Labute approximate surface area is 93.7 Å². The van der Waals surface area contributed by atoms with Crippen LogP contribution in [0.5, 0.6) is 0 Å². The van der Waals surface area contributed by atoms with Gasteiger partial charge in [-0.3, -0.25) is 0 Å². The van der Waals surface area contributed by atoms with Gasteiger partial charge < -0.3 is 0 Å². The maximum Gasteiger partial charge on any atom is 0.240 e. The van der Waals surface area contributed by atoms with Crippen LogP contribution in [0.3, 0.4) is 0 Å². The molecule has 0 bridgehead atoms. The first-order valence-electron chi connectivity index (χ1n) is 4.93. The molecular formula is C12H12N2O2. The predicted octanol–water partition coefficient (Wildman–Crippen LogP) is 2.61. The zero-order valence-corrected chi connectivity index (χ0v) is 9.23. The van der Waals surface area contributed by atoms with E-state index in [-0.39, 0.29) is 6.54 Å². The van der Waals surface area contributed by atoms with E-state index in [0.29, 0.717) is 11.6 Å². The summed E-state index contributed by atoms with van der Waals surface area (Å²) in [5, 5.41) is 0. The van der Waals surface area contributed by atoms with E-state index in [1.165, 1.54) is 12.2 Å². The average molecular weight is 216 g/mol. The molecule has 0 N–H and O–H groups in total. The molecule has 16 heavy (non-hydrogen) atoms. The van der Waals surface area contributed by atoms with Crippen LogP contribution >= 0.6 is 0 Å². The fraction of sp³-hybridized carbons (Fsp3) is 0.333. The molecule has 0 spiro atoms. The van der Waals surface area contributed by atoms with E-state index < -0.39 is 0 Å². The van der Waals surface area contributed by atoms with Crippen molar-refractivity contribution < 1.29 is 9.59 Å². The molecule has 0 aliphatic heterocycles. The quantitative estimate of drug-likeness (QED) is 0.573. The standard InChI is InChI=1S/C12H12N2O2/c1-9(2)12-4-3-11(14-8-16)5-10(12)6-13-7-15/h3-5,9H,6H2,1-2H3. The molecule has 1 aromatic carbocycles. The number of isocyanates is 2. The zero-order valence-electron chi connectivity index (χ0n) is 9.23. The maximum atomic E-state index is 10.1. The minimum absolute atomic E-state index is 0.263. The molecule has 0 aliphatic rings. The summed E-state index contributed by atoms with van der Waals surface area (Å²) >= 11 is 0. The molecule has 82 valence electrons. The van der Waals surface area contributed by atoms with Crippen LogP contribution in [0.2, 0.25) is 0 Å². The molecule has 0 saturated carbocycles. The van der Waals surface area contributed by atoms with Gasteiger partial charge in [0.2, 0.25) is 12.2 Å². The molecule has 1 rings (SSSR count). The monoisotopic (exact) mass is 216 g/mol. The Kier molecular flexibility index (Phi) is 4.34. The minimum atomic E-state index is 0.263. The van der Waals surface area contributed by atoms with Crippen molar-refractivity contribution in [2.45, 2.75) is 26.3 Å². The molecule has 1 aromatic rings. The Morgan fingerprint density at radius 3 is 2.56 bits per heavy atom. The Balaban J connectivity index is 3.19. The van der Waals surface area contributed by atoms with E-state index in [1.807, 2.05) is 19.9 Å². The van der Waals surface area contributed by atoms with Crippen LogP contribution in [-0.2, 0) is 16.1 Å². The second-order valence-corrected chi connectivity index (χ2v) is 3.65. The van der Waals surface area contributed by atoms with Gasteiger partial charge in [-0.05, 0) is 29.2 Å². The second kappa shape index (κ2) is 5.76. The van der Waals surface area contributed by atoms with E-state index in [1.54, 1.807) is 12.1 Å². The number of benzene rings is 1. The summed E-state index contributed by atoms with van der Waals surface area (Å²) in [5.41, 5.74) is 2.49. The van der Waals surface area contributed by atoms with E-state index in [0.717, 1.165) is 11.1 Å². The van der Waals surface area contributed by atoms with Crippen molar-refractivity contribution in [3.63, 3.8) is 0 Å². The summed E-state index contributed by atoms with van der Waals surface area (Å²) < 4.78 is 0. The summed E-state index contributed by atoms with van der Waals surface area (Å²) in [5.74, 6) is 0.325. The highest BCUT2D eigenvalue weighted by molar-refractivity contribution is 5.52. The van der Waals surface area contributed by atoms with Crippen molar-refractivity contribution in [2.75, 3.05) is 0 Å². The Morgan fingerprint density at radius 2 is 2.00 bits per heavy atom. The zero-order chi connectivity index (χ0) is 12.0. The molecular weight excluding hydrogens is 204 g/mol. The van der Waals surface area contributed by atoms with Gasteiger partial charge in [-0.2, -0.15) is 4.99 Å². The number of carbonyl (C=O) groups excluding carboxylic acids is 2. The summed E-state index contributed by atoms with van der Waals surface area (Å²) in [6.45, 7) is 4.36. The first-order chi connectivity index (χ1) is 7.69. The third kappa shape index (κ3) is 2.99. The molecule has 0 aromatic heterocycles. The van der Waals surface area contributed by atoms with Crippen molar-refractivity contribution >= 4 is 17.8 Å². The van der Waals surface area contributed by atoms with Gasteiger partial charge in [0.25, 0.3) is 0 Å². The highest BCUT2D eigenvalue weighted by atomic mass is 16.1. The van der Waals surface area contributed by atoms with Crippen molar-refractivity contribution in [3.8, 4) is 0 Å². The summed E-state index contributed by atoms with van der Waals surface area (Å²) in [4.78, 5) is 27.3. The SMILES string of the molecule is CC(C)c1ccc(N=C=O)cc1CN=C=O. The smallest absolute Gasteiger partial charge is 0.211 e. The van der Waals surface area contributed by atoms with Crippen LogP contribution in [0, 0.1) is 0 Å². The Hall–Kier alpha value is -2.02. The summed E-state index contributed by atoms with van der Waals surface area (Å²) in [7, 11) is 0. The molecule has 0 fully saturated rings. The molecule has 0 saturated heterocycles. The van der Waals surface area contributed by atoms with Crippen LogP contribution in [0.1, 0.15) is 30.9 Å². The van der Waals surface area contributed by atoms with E-state index in [4.69, 9.17) is 0 Å². The molecule has 4 heteroatoms. The van der Waals surface area contributed by atoms with Crippen LogP contribution in [0.4, 0.5) is 5.69 Å². The average Bonchev–Trinajstić information content (AvgIpc) is 2.26. The number of nitrogens with zero attached hydrogens (tertiary/aromatic N) is 2. The van der Waals surface area contributed by atoms with Gasteiger partial charge >= 0.3 is 0 Å². The maximum absolute atomic E-state index is 10.1. The molecule has 0 radical (unpaired) electrons. The fourth-order valence-electron chi connectivity index (χ4n) is 1.53. The van der Waals surface area contributed by atoms with Gasteiger partial charge in [-0.1, -0.05) is 19.9 Å². The number of hydrogen-bond donors (Lipinski definition) is 0. The van der Waals surface area contributed by atoms with E-state index in [2.05, 4.69) is 9.98 Å². The Bertz CT molecular complexity index is 468. The van der Waals surface area contributed by atoms with Gasteiger partial charge in [0.1, 0.15) is 0 Å². The third-order valence-corrected chi connectivity index (χ3v) is 2.24. The predicted molar refractivity (Wildman–Crippen MR) is 60.1 cm³/mol. The van der Waals surface area contributed by atoms with Crippen molar-refractivity contribution in [3.05, 3.63) is 29.3 Å². The van der Waals surface area contributed by atoms with E-state index in [9.17, 15) is 9.59 Å². The molecule has 0 aliphatic carbocycles. The van der Waals surface area contributed by atoms with Gasteiger partial charge in [-0.25, -0.2) is 14.6 Å². The largest absolute Gasteiger partial charge is 0.240 e. The summed E-state index contributed by atoms with van der Waals surface area (Å²) in [6.07, 6.45) is 2.98. The molecule has 0 unspecified atom stereocenters. The normalized spacial score (nSPS) is 9.44. The van der Waals surface area contributed by atoms with Crippen molar-refractivity contribution in [1.29, 1.82) is 0 Å². The van der Waals surface area contributed by atoms with E-state index >= 15 is 0 Å². The van der Waals surface area contributed by atoms with Crippen LogP contribution < -0.4 is 0 Å². The van der Waals surface area contributed by atoms with Crippen molar-refractivity contribution in [1.82, 2.24) is 0 Å². The number of hydrogen-bond acceptors (Lipinski definition) is 4. The third-order valence-electron chi connectivity index (χ3n) is 2.24. The first kappa shape index (κ1) is 12.1. The second-order valence-electron chi connectivity index (χ2n) is 3.65. The lowest BCUT2D eigenvalue weighted by Gasteiger charge is -2.10. The van der Waals surface area contributed by atoms with Gasteiger partial charge in [0.15, 0.2) is 0 Å². The topological polar surface area (TPSA) is 58.9 Å². The van der Waals surface area contributed by atoms with Gasteiger partial charge in [0.05, 0.1) is 12.2 Å². The summed E-state index contributed by atoms with van der Waals surface area (Å²) in [6, 6.07) is 5.37. The van der Waals surface area contributed by atoms with Crippen LogP contribution in [0.15, 0.2) is 28.2 Å². The minimum Gasteiger partial charge on any atom is -0.211 e. The molecule has 4 nitrogen and oxygen atoms in total. The van der Waals surface area contributed by atoms with Gasteiger partial charge in [-0.15, -0.1) is 0 Å². The number of aliphatic imine (C=N–C) groups is 2. The highest BCUT2D eigenvalue weighted by Crippen LogP contribution is 2.24. The van der Waals surface area contributed by atoms with Crippen LogP contribution in [-0.4, -0.2) is 12.2 Å². The van der Waals surface area contributed by atoms with Crippen molar-refractivity contribution in [2.24, 2.45) is 9.98 Å². The lowest BCUT2D eigenvalue weighted by molar-refractivity contribution is 0.562. The first-order valence-corrected chi connectivity index (χ1v) is 4.93. The van der Waals surface area contributed by atoms with Crippen LogP contribution in [0.25, 0.3) is 0 Å². The van der Waals surface area contributed by atoms with Gasteiger partial charge in [0, 0.05) is 0 Å². The number of rotatable bonds is 4. The highest BCUT2D eigenvalue weighted by Gasteiger charge is 2.07. The lowest BCUT2D eigenvalue weighted by Crippen LogP contribution is -1.95.